The van der Waals surface area contributed by atoms with Crippen LogP contribution in [0.1, 0.15) is 18.1 Å². The Morgan fingerprint density at radius 1 is 0.966 bits per heavy atom. The normalized spacial score (nSPS) is 11.5. The molecule has 0 spiro atoms. The average Bonchev–Trinajstić information content (AvgIpc) is 2.67. The Morgan fingerprint density at radius 3 is 1.97 bits per heavy atom. The topological polar surface area (TPSA) is 82.1 Å². The van der Waals surface area contributed by atoms with Crippen LogP contribution in [0.3, 0.4) is 0 Å². The van der Waals surface area contributed by atoms with Gasteiger partial charge in [0.25, 0.3) is 0 Å². The minimum absolute atomic E-state index is 0.00590. The number of hydrogen-bond donors (Lipinski definition) is 1. The van der Waals surface area contributed by atoms with E-state index in [9.17, 15) is 18.3 Å². The first-order valence-electron chi connectivity index (χ1n) is 8.54. The molecule has 0 radical (unpaired) electrons. The largest absolute Gasteiger partial charge is 0.494 e. The molecule has 2 rings (SSSR count). The fraction of sp³-hybridized carbons (Fsp3) is 0.350. The molecule has 0 aliphatic carbocycles. The second kappa shape index (κ2) is 11.7. The van der Waals surface area contributed by atoms with Gasteiger partial charge in [0, 0.05) is 0 Å². The van der Waals surface area contributed by atoms with Gasteiger partial charge < -0.3 is 19.3 Å². The van der Waals surface area contributed by atoms with Gasteiger partial charge in [0.15, 0.2) is 0 Å². The molecule has 9 heteroatoms. The van der Waals surface area contributed by atoms with Gasteiger partial charge in [-0.3, -0.25) is 0 Å². The van der Waals surface area contributed by atoms with Crippen molar-refractivity contribution < 1.29 is 42.1 Å². The number of aryl methyl sites for hydroxylation is 1. The molecule has 0 saturated heterocycles. The number of ether oxygens (including phenoxy) is 3. The molecule has 1 atom stereocenters. The van der Waals surface area contributed by atoms with Gasteiger partial charge in [0.1, 0.15) is 36.6 Å². The Morgan fingerprint density at radius 2 is 1.48 bits per heavy atom. The van der Waals surface area contributed by atoms with E-state index in [1.54, 1.807) is 18.2 Å². The van der Waals surface area contributed by atoms with E-state index in [-0.39, 0.29) is 25.1 Å². The monoisotopic (exact) mass is 414 g/mol. The molecule has 0 fully saturated rings. The van der Waals surface area contributed by atoms with Crippen molar-refractivity contribution in [3.8, 4) is 17.2 Å². The van der Waals surface area contributed by atoms with Crippen LogP contribution < -0.4 is 14.2 Å². The SMILES string of the molecule is CCOc1ccc(OCC(O)COc2ccc(C(F)(F)F)cc2)cc1C.O=C=O. The maximum atomic E-state index is 12.5. The maximum absolute atomic E-state index is 12.5. The fourth-order valence-corrected chi connectivity index (χ4v) is 2.20. The van der Waals surface area contributed by atoms with Crippen molar-refractivity contribution in [2.24, 2.45) is 0 Å². The predicted molar refractivity (Wildman–Crippen MR) is 95.8 cm³/mol. The molecular formula is C20H21F3O6. The second-order valence-corrected chi connectivity index (χ2v) is 5.74. The quantitative estimate of drug-likeness (QED) is 0.710. The summed E-state index contributed by atoms with van der Waals surface area (Å²) in [6, 6.07) is 9.62. The molecule has 0 bridgehead atoms. The van der Waals surface area contributed by atoms with E-state index in [2.05, 4.69) is 0 Å². The first kappa shape index (κ1) is 24.0. The van der Waals surface area contributed by atoms with Gasteiger partial charge in [-0.2, -0.15) is 22.8 Å². The number of rotatable bonds is 8. The fourth-order valence-electron chi connectivity index (χ4n) is 2.20. The first-order valence-corrected chi connectivity index (χ1v) is 8.54. The third kappa shape index (κ3) is 8.68. The van der Waals surface area contributed by atoms with Crippen LogP contribution in [0.15, 0.2) is 42.5 Å². The van der Waals surface area contributed by atoms with Crippen molar-refractivity contribution in [1.82, 2.24) is 0 Å². The van der Waals surface area contributed by atoms with Gasteiger partial charge in [-0.25, -0.2) is 0 Å². The number of halogens is 3. The summed E-state index contributed by atoms with van der Waals surface area (Å²) in [5.41, 5.74) is 0.166. The van der Waals surface area contributed by atoms with Crippen LogP contribution in [0.2, 0.25) is 0 Å². The smallest absolute Gasteiger partial charge is 0.416 e. The number of alkyl halides is 3. The lowest BCUT2D eigenvalue weighted by Gasteiger charge is -2.15. The van der Waals surface area contributed by atoms with E-state index < -0.39 is 17.8 Å². The van der Waals surface area contributed by atoms with Crippen molar-refractivity contribution in [1.29, 1.82) is 0 Å². The molecule has 1 unspecified atom stereocenters. The standard InChI is InChI=1S/C19H21F3O4.CO2/c1-3-24-18-9-8-17(10-13(18)2)26-12-15(23)11-25-16-6-4-14(5-7-16)19(20,21)22;2-1-3/h4-10,15,23H,3,11-12H2,1-2H3;. The third-order valence-electron chi connectivity index (χ3n) is 3.51. The molecular weight excluding hydrogens is 393 g/mol. The van der Waals surface area contributed by atoms with Crippen LogP contribution in [-0.4, -0.2) is 37.2 Å². The van der Waals surface area contributed by atoms with E-state index in [0.717, 1.165) is 23.4 Å². The van der Waals surface area contributed by atoms with Gasteiger partial charge in [0.2, 0.25) is 0 Å². The maximum Gasteiger partial charge on any atom is 0.416 e. The first-order chi connectivity index (χ1) is 13.7. The highest BCUT2D eigenvalue weighted by atomic mass is 19.4. The van der Waals surface area contributed by atoms with Gasteiger partial charge in [-0.1, -0.05) is 0 Å². The molecule has 29 heavy (non-hydrogen) atoms. The number of benzene rings is 2. The summed E-state index contributed by atoms with van der Waals surface area (Å²) in [7, 11) is 0. The summed E-state index contributed by atoms with van der Waals surface area (Å²) in [4.78, 5) is 16.2. The van der Waals surface area contributed by atoms with Crippen LogP contribution >= 0.6 is 0 Å². The van der Waals surface area contributed by atoms with Crippen molar-refractivity contribution >= 4 is 6.15 Å². The predicted octanol–water partition coefficient (Wildman–Crippen LogP) is 3.65. The van der Waals surface area contributed by atoms with E-state index in [1.165, 1.54) is 12.1 Å². The third-order valence-corrected chi connectivity index (χ3v) is 3.51. The zero-order valence-corrected chi connectivity index (χ0v) is 15.9. The molecule has 0 aromatic heterocycles. The number of aliphatic hydroxyl groups excluding tert-OH is 1. The summed E-state index contributed by atoms with van der Waals surface area (Å²) < 4.78 is 53.7. The summed E-state index contributed by atoms with van der Waals surface area (Å²) in [6.07, 6.45) is -5.06. The van der Waals surface area contributed by atoms with Crippen molar-refractivity contribution in [3.63, 3.8) is 0 Å². The average molecular weight is 414 g/mol. The molecule has 0 aliphatic heterocycles. The van der Waals surface area contributed by atoms with E-state index in [1.807, 2.05) is 13.8 Å². The molecule has 0 saturated carbocycles. The molecule has 1 N–H and O–H groups in total. The second-order valence-electron chi connectivity index (χ2n) is 5.74. The number of carbonyl (C=O) groups excluding carboxylic acids is 2. The highest BCUT2D eigenvalue weighted by Crippen LogP contribution is 2.30. The van der Waals surface area contributed by atoms with Crippen molar-refractivity contribution in [3.05, 3.63) is 53.6 Å². The minimum Gasteiger partial charge on any atom is -0.494 e. The molecule has 0 aliphatic rings. The van der Waals surface area contributed by atoms with Gasteiger partial charge in [-0.15, -0.1) is 0 Å². The van der Waals surface area contributed by atoms with Gasteiger partial charge >= 0.3 is 12.3 Å². The molecule has 6 nitrogen and oxygen atoms in total. The molecule has 158 valence electrons. The lowest BCUT2D eigenvalue weighted by molar-refractivity contribution is -0.191. The summed E-state index contributed by atoms with van der Waals surface area (Å²) in [5.74, 6) is 1.60. The van der Waals surface area contributed by atoms with Crippen molar-refractivity contribution in [2.75, 3.05) is 19.8 Å². The van der Waals surface area contributed by atoms with E-state index in [0.29, 0.717) is 12.4 Å². The Balaban J connectivity index is 0.00000132. The Bertz CT molecular complexity index is 784. The molecule has 2 aromatic carbocycles. The minimum atomic E-state index is -4.39. The number of hydrogen-bond acceptors (Lipinski definition) is 6. The summed E-state index contributed by atoms with van der Waals surface area (Å²) >= 11 is 0. The van der Waals surface area contributed by atoms with Crippen molar-refractivity contribution in [2.45, 2.75) is 26.1 Å². The Hall–Kier alpha value is -3.03. The van der Waals surface area contributed by atoms with Gasteiger partial charge in [-0.05, 0) is 61.9 Å². The van der Waals surface area contributed by atoms with E-state index >= 15 is 0 Å². The molecule has 2 aromatic rings. The zero-order chi connectivity index (χ0) is 21.9. The Labute approximate surface area is 165 Å². The van der Waals surface area contributed by atoms with Gasteiger partial charge in [0.05, 0.1) is 12.2 Å². The Kier molecular flexibility index (Phi) is 9.71. The van der Waals surface area contributed by atoms with Crippen LogP contribution in [0.25, 0.3) is 0 Å². The molecule has 0 amide bonds. The molecule has 0 heterocycles. The van der Waals surface area contributed by atoms with Crippen LogP contribution in [0.4, 0.5) is 13.2 Å². The summed E-state index contributed by atoms with van der Waals surface area (Å²) in [5, 5.41) is 9.91. The number of aliphatic hydroxyl groups is 1. The highest BCUT2D eigenvalue weighted by molar-refractivity contribution is 5.39. The summed E-state index contributed by atoms with van der Waals surface area (Å²) in [6.45, 7) is 4.26. The van der Waals surface area contributed by atoms with Crippen LogP contribution in [0.5, 0.6) is 17.2 Å². The van der Waals surface area contributed by atoms with Crippen LogP contribution in [0, 0.1) is 6.92 Å². The lowest BCUT2D eigenvalue weighted by atomic mass is 10.2. The van der Waals surface area contributed by atoms with Crippen LogP contribution in [-0.2, 0) is 15.8 Å². The lowest BCUT2D eigenvalue weighted by Crippen LogP contribution is -2.25. The highest BCUT2D eigenvalue weighted by Gasteiger charge is 2.30. The van der Waals surface area contributed by atoms with E-state index in [4.69, 9.17) is 23.8 Å². The zero-order valence-electron chi connectivity index (χ0n) is 15.9.